The SMILES string of the molecule is COC(=O)c1[nH]c2c(c1-c1cc(F)cc(Cl)c1)COc1ccccc1-2. The minimum atomic E-state index is -0.540. The summed E-state index contributed by atoms with van der Waals surface area (Å²) in [6, 6.07) is 11.7. The molecule has 4 nitrogen and oxygen atoms in total. The Kier molecular flexibility index (Phi) is 3.73. The summed E-state index contributed by atoms with van der Waals surface area (Å²) in [6.07, 6.45) is 0. The molecule has 0 atom stereocenters. The van der Waals surface area contributed by atoms with Gasteiger partial charge in [-0.2, -0.15) is 0 Å². The van der Waals surface area contributed by atoms with Crippen molar-refractivity contribution in [1.82, 2.24) is 4.98 Å². The largest absolute Gasteiger partial charge is 0.488 e. The lowest BCUT2D eigenvalue weighted by molar-refractivity contribution is 0.0596. The number of hydrogen-bond donors (Lipinski definition) is 1. The second-order valence-corrected chi connectivity index (χ2v) is 6.10. The lowest BCUT2D eigenvalue weighted by Crippen LogP contribution is -2.05. The Bertz CT molecular complexity index is 976. The Morgan fingerprint density at radius 3 is 2.84 bits per heavy atom. The number of para-hydroxylation sites is 1. The molecule has 0 aliphatic carbocycles. The molecule has 1 aromatic heterocycles. The number of ether oxygens (including phenoxy) is 2. The molecule has 0 spiro atoms. The van der Waals surface area contributed by atoms with Gasteiger partial charge in [-0.25, -0.2) is 9.18 Å². The van der Waals surface area contributed by atoms with Gasteiger partial charge in [-0.15, -0.1) is 0 Å². The number of aromatic nitrogens is 1. The Morgan fingerprint density at radius 1 is 1.28 bits per heavy atom. The van der Waals surface area contributed by atoms with E-state index in [4.69, 9.17) is 21.1 Å². The number of hydrogen-bond acceptors (Lipinski definition) is 3. The molecule has 0 bridgehead atoms. The molecule has 3 aromatic rings. The Labute approximate surface area is 148 Å². The molecular weight excluding hydrogens is 345 g/mol. The highest BCUT2D eigenvalue weighted by atomic mass is 35.5. The molecule has 0 saturated carbocycles. The highest BCUT2D eigenvalue weighted by Gasteiger charge is 2.29. The number of carbonyl (C=O) groups is 1. The van der Waals surface area contributed by atoms with E-state index in [1.54, 1.807) is 6.07 Å². The molecule has 2 heterocycles. The van der Waals surface area contributed by atoms with Gasteiger partial charge in [0.25, 0.3) is 0 Å². The zero-order valence-corrected chi connectivity index (χ0v) is 14.0. The quantitative estimate of drug-likeness (QED) is 0.669. The first-order valence-electron chi connectivity index (χ1n) is 7.60. The number of H-pyrrole nitrogens is 1. The third-order valence-electron chi connectivity index (χ3n) is 4.17. The molecule has 2 aromatic carbocycles. The molecule has 4 rings (SSSR count). The number of carbonyl (C=O) groups excluding carboxylic acids is 1. The van der Waals surface area contributed by atoms with Crippen LogP contribution in [0.4, 0.5) is 4.39 Å². The summed E-state index contributed by atoms with van der Waals surface area (Å²) in [6.45, 7) is 0.253. The van der Waals surface area contributed by atoms with Gasteiger partial charge in [-0.1, -0.05) is 23.7 Å². The maximum atomic E-state index is 13.9. The maximum absolute atomic E-state index is 13.9. The standard InChI is InChI=1S/C19H13ClFNO3/c1-24-19(23)18-16(10-6-11(20)8-12(21)7-10)14-9-25-15-5-3-2-4-13(15)17(14)22-18/h2-8,22H,9H2,1H3. The predicted octanol–water partition coefficient (Wildman–Crippen LogP) is 4.82. The van der Waals surface area contributed by atoms with E-state index >= 15 is 0 Å². The molecule has 25 heavy (non-hydrogen) atoms. The van der Waals surface area contributed by atoms with Crippen LogP contribution < -0.4 is 4.74 Å². The first-order valence-corrected chi connectivity index (χ1v) is 7.98. The third kappa shape index (κ3) is 2.57. The van der Waals surface area contributed by atoms with Gasteiger partial charge in [-0.05, 0) is 35.9 Å². The molecule has 0 amide bonds. The number of rotatable bonds is 2. The third-order valence-corrected chi connectivity index (χ3v) is 4.39. The van der Waals surface area contributed by atoms with Crippen LogP contribution in [0, 0.1) is 5.82 Å². The zero-order chi connectivity index (χ0) is 17.6. The van der Waals surface area contributed by atoms with Crippen molar-refractivity contribution in [2.24, 2.45) is 0 Å². The summed E-state index contributed by atoms with van der Waals surface area (Å²) >= 11 is 6.00. The smallest absolute Gasteiger partial charge is 0.355 e. The van der Waals surface area contributed by atoms with E-state index in [0.29, 0.717) is 11.1 Å². The second kappa shape index (κ2) is 5.93. The summed E-state index contributed by atoms with van der Waals surface area (Å²) in [5.41, 5.74) is 3.64. The number of fused-ring (bicyclic) bond motifs is 3. The van der Waals surface area contributed by atoms with Crippen LogP contribution in [-0.2, 0) is 11.3 Å². The summed E-state index contributed by atoms with van der Waals surface area (Å²) in [5.74, 6) is -0.302. The fourth-order valence-electron chi connectivity index (χ4n) is 3.13. The Morgan fingerprint density at radius 2 is 2.08 bits per heavy atom. The summed E-state index contributed by atoms with van der Waals surface area (Å²) in [5, 5.41) is 0.248. The molecule has 6 heteroatoms. The second-order valence-electron chi connectivity index (χ2n) is 5.66. The van der Waals surface area contributed by atoms with E-state index in [1.807, 2.05) is 24.3 Å². The molecule has 1 N–H and O–H groups in total. The Balaban J connectivity index is 2.01. The van der Waals surface area contributed by atoms with E-state index in [-0.39, 0.29) is 17.3 Å². The van der Waals surface area contributed by atoms with Crippen molar-refractivity contribution in [1.29, 1.82) is 0 Å². The van der Waals surface area contributed by atoms with Crippen molar-refractivity contribution in [2.75, 3.05) is 7.11 Å². The van der Waals surface area contributed by atoms with Crippen LogP contribution in [0.5, 0.6) is 5.75 Å². The highest BCUT2D eigenvalue weighted by molar-refractivity contribution is 6.31. The molecule has 1 aliphatic rings. The predicted molar refractivity (Wildman–Crippen MR) is 92.3 cm³/mol. The van der Waals surface area contributed by atoms with Crippen molar-refractivity contribution >= 4 is 17.6 Å². The number of nitrogens with one attached hydrogen (secondary N) is 1. The van der Waals surface area contributed by atoms with E-state index in [1.165, 1.54) is 19.2 Å². The van der Waals surface area contributed by atoms with Gasteiger partial charge in [0.2, 0.25) is 0 Å². The van der Waals surface area contributed by atoms with Crippen LogP contribution in [0.3, 0.4) is 0 Å². The van der Waals surface area contributed by atoms with Gasteiger partial charge in [0, 0.05) is 21.7 Å². The number of halogens is 2. The van der Waals surface area contributed by atoms with Gasteiger partial charge in [0.1, 0.15) is 23.9 Å². The van der Waals surface area contributed by atoms with Crippen molar-refractivity contribution in [3.8, 4) is 28.1 Å². The fourth-order valence-corrected chi connectivity index (χ4v) is 3.36. The minimum absolute atomic E-state index is 0.245. The summed E-state index contributed by atoms with van der Waals surface area (Å²) in [4.78, 5) is 15.4. The summed E-state index contributed by atoms with van der Waals surface area (Å²) in [7, 11) is 1.30. The first-order chi connectivity index (χ1) is 12.1. The maximum Gasteiger partial charge on any atom is 0.355 e. The van der Waals surface area contributed by atoms with Crippen LogP contribution in [0.2, 0.25) is 5.02 Å². The first kappa shape index (κ1) is 15.7. The molecule has 0 saturated heterocycles. The van der Waals surface area contributed by atoms with Crippen LogP contribution in [0.1, 0.15) is 16.1 Å². The topological polar surface area (TPSA) is 51.3 Å². The van der Waals surface area contributed by atoms with Gasteiger partial charge in [0.15, 0.2) is 0 Å². The average molecular weight is 358 g/mol. The average Bonchev–Trinajstić information content (AvgIpc) is 3.00. The number of methoxy groups -OCH3 is 1. The lowest BCUT2D eigenvalue weighted by atomic mass is 9.96. The Hall–Kier alpha value is -2.79. The fraction of sp³-hybridized carbons (Fsp3) is 0.105. The molecule has 0 radical (unpaired) electrons. The van der Waals surface area contributed by atoms with Crippen LogP contribution >= 0.6 is 11.6 Å². The van der Waals surface area contributed by atoms with Crippen LogP contribution in [0.15, 0.2) is 42.5 Å². The van der Waals surface area contributed by atoms with E-state index in [9.17, 15) is 9.18 Å². The highest BCUT2D eigenvalue weighted by Crippen LogP contribution is 2.43. The van der Waals surface area contributed by atoms with Crippen molar-refractivity contribution in [2.45, 2.75) is 6.61 Å². The van der Waals surface area contributed by atoms with Crippen molar-refractivity contribution in [3.05, 3.63) is 64.6 Å². The normalized spacial score (nSPS) is 12.1. The number of benzene rings is 2. The minimum Gasteiger partial charge on any atom is -0.488 e. The molecular formula is C19H13ClFNO3. The van der Waals surface area contributed by atoms with Gasteiger partial charge in [0.05, 0.1) is 12.8 Å². The number of esters is 1. The van der Waals surface area contributed by atoms with Gasteiger partial charge in [-0.3, -0.25) is 0 Å². The molecule has 0 unspecified atom stereocenters. The van der Waals surface area contributed by atoms with Crippen LogP contribution in [-0.4, -0.2) is 18.1 Å². The van der Waals surface area contributed by atoms with Crippen molar-refractivity contribution in [3.63, 3.8) is 0 Å². The van der Waals surface area contributed by atoms with E-state index in [2.05, 4.69) is 4.98 Å². The number of aromatic amines is 1. The van der Waals surface area contributed by atoms with Crippen LogP contribution in [0.25, 0.3) is 22.4 Å². The molecule has 126 valence electrons. The van der Waals surface area contributed by atoms with Gasteiger partial charge < -0.3 is 14.5 Å². The van der Waals surface area contributed by atoms with Gasteiger partial charge >= 0.3 is 5.97 Å². The molecule has 1 aliphatic heterocycles. The van der Waals surface area contributed by atoms with Crippen molar-refractivity contribution < 1.29 is 18.7 Å². The monoisotopic (exact) mass is 357 g/mol. The van der Waals surface area contributed by atoms with E-state index in [0.717, 1.165) is 22.6 Å². The zero-order valence-electron chi connectivity index (χ0n) is 13.2. The summed E-state index contributed by atoms with van der Waals surface area (Å²) < 4.78 is 24.6. The van der Waals surface area contributed by atoms with E-state index < -0.39 is 11.8 Å². The molecule has 0 fully saturated rings. The lowest BCUT2D eigenvalue weighted by Gasteiger charge is -2.18.